The number of rotatable bonds is 6. The van der Waals surface area contributed by atoms with Crippen LogP contribution in [0.2, 0.25) is 0 Å². The third-order valence-electron chi connectivity index (χ3n) is 2.50. The Morgan fingerprint density at radius 2 is 2.26 bits per heavy atom. The van der Waals surface area contributed by atoms with Gasteiger partial charge in [0, 0.05) is 0 Å². The summed E-state index contributed by atoms with van der Waals surface area (Å²) in [6, 6.07) is 8.57. The van der Waals surface area contributed by atoms with Gasteiger partial charge in [-0.25, -0.2) is 4.79 Å². The summed E-state index contributed by atoms with van der Waals surface area (Å²) in [7, 11) is 0. The van der Waals surface area contributed by atoms with Crippen LogP contribution in [0.1, 0.15) is 25.8 Å². The number of benzene rings is 1. The summed E-state index contributed by atoms with van der Waals surface area (Å²) in [6.45, 7) is 4.29. The van der Waals surface area contributed by atoms with Crippen LogP contribution in [0.5, 0.6) is 5.75 Å². The molecule has 0 saturated carbocycles. The lowest BCUT2D eigenvalue weighted by Crippen LogP contribution is -2.39. The molecule has 5 nitrogen and oxygen atoms in total. The van der Waals surface area contributed by atoms with E-state index in [0.29, 0.717) is 23.7 Å². The lowest BCUT2D eigenvalue weighted by atomic mass is 10.0. The van der Waals surface area contributed by atoms with E-state index in [1.165, 1.54) is 0 Å². The Hall–Kier alpha value is -2.22. The largest absolute Gasteiger partial charge is 0.491 e. The number of hydrogen-bond acceptors (Lipinski definition) is 3. The topological polar surface area (TPSA) is 82.3 Å². The van der Waals surface area contributed by atoms with E-state index in [2.05, 4.69) is 5.32 Å². The quantitative estimate of drug-likeness (QED) is 0.825. The minimum Gasteiger partial charge on any atom is -0.491 e. The Bertz CT molecular complexity index is 466. The van der Waals surface area contributed by atoms with Crippen molar-refractivity contribution in [2.75, 3.05) is 6.61 Å². The van der Waals surface area contributed by atoms with Crippen LogP contribution in [0.4, 0.5) is 4.79 Å². The summed E-state index contributed by atoms with van der Waals surface area (Å²) in [6.07, 6.45) is -0.357. The Morgan fingerprint density at radius 1 is 1.53 bits per heavy atom. The van der Waals surface area contributed by atoms with Crippen molar-refractivity contribution in [3.63, 3.8) is 0 Å². The van der Waals surface area contributed by atoms with Crippen molar-refractivity contribution in [2.45, 2.75) is 26.3 Å². The molecular formula is C14H18N2O3. The molecule has 0 radical (unpaired) electrons. The molecule has 1 rings (SSSR count). The third-order valence-corrected chi connectivity index (χ3v) is 2.50. The molecule has 1 atom stereocenters. The predicted octanol–water partition coefficient (Wildman–Crippen LogP) is 2.62. The lowest BCUT2D eigenvalue weighted by molar-refractivity contribution is 0.176. The van der Waals surface area contributed by atoms with E-state index in [0.717, 1.165) is 0 Å². The number of hydrogen-bond donors (Lipinski definition) is 2. The highest BCUT2D eigenvalue weighted by molar-refractivity contribution is 5.64. The molecule has 0 aliphatic heterocycles. The van der Waals surface area contributed by atoms with Gasteiger partial charge in [-0.15, -0.1) is 0 Å². The fourth-order valence-electron chi connectivity index (χ4n) is 1.76. The Kier molecular flexibility index (Phi) is 5.68. The first-order valence-corrected chi connectivity index (χ1v) is 6.13. The molecule has 1 aromatic rings. The first-order valence-electron chi connectivity index (χ1n) is 6.13. The fourth-order valence-corrected chi connectivity index (χ4v) is 1.76. The summed E-state index contributed by atoms with van der Waals surface area (Å²) < 4.78 is 5.54. The normalized spacial score (nSPS) is 11.7. The molecule has 0 unspecified atom stereocenters. The molecule has 0 fully saturated rings. The van der Waals surface area contributed by atoms with Crippen molar-refractivity contribution >= 4 is 6.09 Å². The zero-order valence-electron chi connectivity index (χ0n) is 11.1. The van der Waals surface area contributed by atoms with Crippen LogP contribution in [0.3, 0.4) is 0 Å². The zero-order chi connectivity index (χ0) is 14.3. The van der Waals surface area contributed by atoms with E-state index < -0.39 is 6.09 Å². The van der Waals surface area contributed by atoms with Crippen molar-refractivity contribution in [2.24, 2.45) is 5.92 Å². The molecule has 0 aliphatic carbocycles. The van der Waals surface area contributed by atoms with Crippen LogP contribution < -0.4 is 10.1 Å². The molecule has 102 valence electrons. The van der Waals surface area contributed by atoms with Gasteiger partial charge in [0.1, 0.15) is 12.4 Å². The number of nitriles is 1. The van der Waals surface area contributed by atoms with E-state index in [4.69, 9.17) is 15.1 Å². The third kappa shape index (κ3) is 5.77. The molecule has 0 bridgehead atoms. The second-order valence-electron chi connectivity index (χ2n) is 4.73. The monoisotopic (exact) mass is 262 g/mol. The molecular weight excluding hydrogens is 244 g/mol. The van der Waals surface area contributed by atoms with Crippen molar-refractivity contribution < 1.29 is 14.6 Å². The van der Waals surface area contributed by atoms with Gasteiger partial charge in [0.2, 0.25) is 0 Å². The van der Waals surface area contributed by atoms with Gasteiger partial charge in [0.25, 0.3) is 0 Å². The van der Waals surface area contributed by atoms with E-state index in [1.807, 2.05) is 19.9 Å². The van der Waals surface area contributed by atoms with E-state index in [1.54, 1.807) is 24.3 Å². The van der Waals surface area contributed by atoms with E-state index >= 15 is 0 Å². The van der Waals surface area contributed by atoms with Gasteiger partial charge in [0.05, 0.1) is 17.7 Å². The van der Waals surface area contributed by atoms with Crippen LogP contribution in [-0.4, -0.2) is 23.8 Å². The van der Waals surface area contributed by atoms with Gasteiger partial charge in [-0.1, -0.05) is 19.9 Å². The predicted molar refractivity (Wildman–Crippen MR) is 71.1 cm³/mol. The smallest absolute Gasteiger partial charge is 0.404 e. The molecule has 1 aromatic carbocycles. The van der Waals surface area contributed by atoms with E-state index in [9.17, 15) is 4.79 Å². The Balaban J connectivity index is 2.59. The maximum Gasteiger partial charge on any atom is 0.404 e. The van der Waals surface area contributed by atoms with Gasteiger partial charge in [-0.2, -0.15) is 5.26 Å². The number of carbonyl (C=O) groups is 1. The van der Waals surface area contributed by atoms with Gasteiger partial charge >= 0.3 is 6.09 Å². The van der Waals surface area contributed by atoms with Crippen molar-refractivity contribution in [1.29, 1.82) is 5.26 Å². The number of nitrogens with one attached hydrogen (secondary N) is 1. The second kappa shape index (κ2) is 7.27. The van der Waals surface area contributed by atoms with Crippen LogP contribution >= 0.6 is 0 Å². The Morgan fingerprint density at radius 3 is 2.84 bits per heavy atom. The SMILES string of the molecule is CC(C)C[C@H](COc1cccc(C#N)c1)NC(=O)O. The van der Waals surface area contributed by atoms with Crippen LogP contribution in [0, 0.1) is 17.2 Å². The van der Waals surface area contributed by atoms with Gasteiger partial charge in [0.15, 0.2) is 0 Å². The molecule has 0 aromatic heterocycles. The van der Waals surface area contributed by atoms with Gasteiger partial charge in [-0.05, 0) is 30.5 Å². The highest BCUT2D eigenvalue weighted by Crippen LogP contribution is 2.14. The maximum atomic E-state index is 10.7. The first kappa shape index (κ1) is 14.8. The van der Waals surface area contributed by atoms with Crippen molar-refractivity contribution in [3.8, 4) is 11.8 Å². The first-order chi connectivity index (χ1) is 9.01. The molecule has 2 N–H and O–H groups in total. The van der Waals surface area contributed by atoms with Gasteiger partial charge in [-0.3, -0.25) is 0 Å². The fraction of sp³-hybridized carbons (Fsp3) is 0.429. The van der Waals surface area contributed by atoms with Gasteiger partial charge < -0.3 is 15.2 Å². The minimum atomic E-state index is -1.06. The molecule has 5 heteroatoms. The maximum absolute atomic E-state index is 10.7. The van der Waals surface area contributed by atoms with Crippen LogP contribution in [0.15, 0.2) is 24.3 Å². The standard InChI is InChI=1S/C14H18N2O3/c1-10(2)6-12(16-14(17)18)9-19-13-5-3-4-11(7-13)8-15/h3-5,7,10,12,16H,6,9H2,1-2H3,(H,17,18)/t12-/m1/s1. The minimum absolute atomic E-state index is 0.249. The van der Waals surface area contributed by atoms with Crippen molar-refractivity contribution in [1.82, 2.24) is 5.32 Å². The average Bonchev–Trinajstić information content (AvgIpc) is 2.35. The molecule has 0 spiro atoms. The van der Waals surface area contributed by atoms with Crippen molar-refractivity contribution in [3.05, 3.63) is 29.8 Å². The second-order valence-corrected chi connectivity index (χ2v) is 4.73. The van der Waals surface area contributed by atoms with Crippen LogP contribution in [0.25, 0.3) is 0 Å². The molecule has 19 heavy (non-hydrogen) atoms. The van der Waals surface area contributed by atoms with E-state index in [-0.39, 0.29) is 12.6 Å². The highest BCUT2D eigenvalue weighted by atomic mass is 16.5. The summed E-state index contributed by atoms with van der Waals surface area (Å²) in [5.41, 5.74) is 0.518. The zero-order valence-corrected chi connectivity index (χ0v) is 11.1. The summed E-state index contributed by atoms with van der Waals surface area (Å²) in [5, 5.41) is 20.0. The van der Waals surface area contributed by atoms with Crippen LogP contribution in [-0.2, 0) is 0 Å². The summed E-state index contributed by atoms with van der Waals surface area (Å²) in [4.78, 5) is 10.7. The number of carboxylic acid groups (broad SMARTS) is 1. The molecule has 0 aliphatic rings. The Labute approximate surface area is 112 Å². The average molecular weight is 262 g/mol. The summed E-state index contributed by atoms with van der Waals surface area (Å²) >= 11 is 0. The number of ether oxygens (including phenoxy) is 1. The highest BCUT2D eigenvalue weighted by Gasteiger charge is 2.14. The molecule has 0 heterocycles. The lowest BCUT2D eigenvalue weighted by Gasteiger charge is -2.19. The number of nitrogens with zero attached hydrogens (tertiary/aromatic N) is 1. The molecule has 1 amide bonds. The summed E-state index contributed by atoms with van der Waals surface area (Å²) in [5.74, 6) is 0.936. The number of amides is 1. The molecule has 0 saturated heterocycles.